The fraction of sp³-hybridized carbons (Fsp3) is 0.440. The average molecular weight is 407 g/mol. The first kappa shape index (κ1) is 20.5. The minimum atomic E-state index is -0.0729. The van der Waals surface area contributed by atoms with Crippen LogP contribution in [0, 0.1) is 5.92 Å². The summed E-state index contributed by atoms with van der Waals surface area (Å²) in [4.78, 5) is 26.6. The number of nitrogens with one attached hydrogen (secondary N) is 1. The SMILES string of the molecule is C[C@@H](CNC(=O)c1ccc(OC2CCN(C(=O)C3CC3)CC2)cc1)c1ccccc1. The van der Waals surface area contributed by atoms with Gasteiger partial charge in [0, 0.05) is 44.0 Å². The van der Waals surface area contributed by atoms with Crippen molar-refractivity contribution >= 4 is 11.8 Å². The van der Waals surface area contributed by atoms with Crippen LogP contribution in [0.2, 0.25) is 0 Å². The van der Waals surface area contributed by atoms with E-state index < -0.39 is 0 Å². The monoisotopic (exact) mass is 406 g/mol. The summed E-state index contributed by atoms with van der Waals surface area (Å²) in [7, 11) is 0. The van der Waals surface area contributed by atoms with Gasteiger partial charge in [0.15, 0.2) is 0 Å². The Labute approximate surface area is 178 Å². The standard InChI is InChI=1S/C25H30N2O3/c1-18(19-5-3-2-4-6-19)17-26-24(28)20-9-11-22(12-10-20)30-23-13-15-27(16-14-23)25(29)21-7-8-21/h2-6,9-12,18,21,23H,7-8,13-17H2,1H3,(H,26,28)/t18-/m0/s1. The van der Waals surface area contributed by atoms with E-state index in [1.807, 2.05) is 47.4 Å². The van der Waals surface area contributed by atoms with Gasteiger partial charge in [0.1, 0.15) is 11.9 Å². The van der Waals surface area contributed by atoms with Crippen molar-refractivity contribution in [2.75, 3.05) is 19.6 Å². The molecule has 2 amide bonds. The number of ether oxygens (including phenoxy) is 1. The third-order valence-electron chi connectivity index (χ3n) is 6.04. The molecule has 1 saturated heterocycles. The first-order valence-electron chi connectivity index (χ1n) is 11.0. The summed E-state index contributed by atoms with van der Waals surface area (Å²) in [5, 5.41) is 3.01. The number of hydrogen-bond acceptors (Lipinski definition) is 3. The maximum absolute atomic E-state index is 12.5. The minimum absolute atomic E-state index is 0.0729. The number of amides is 2. The Balaban J connectivity index is 1.23. The van der Waals surface area contributed by atoms with Crippen LogP contribution in [0.3, 0.4) is 0 Å². The molecule has 2 fully saturated rings. The number of carbonyl (C=O) groups is 2. The highest BCUT2D eigenvalue weighted by molar-refractivity contribution is 5.94. The van der Waals surface area contributed by atoms with E-state index in [0.29, 0.717) is 18.0 Å². The molecule has 1 saturated carbocycles. The van der Waals surface area contributed by atoms with E-state index in [0.717, 1.165) is 44.5 Å². The predicted octanol–water partition coefficient (Wildman–Crippen LogP) is 4.00. The van der Waals surface area contributed by atoms with Crippen molar-refractivity contribution < 1.29 is 14.3 Å². The second-order valence-electron chi connectivity index (χ2n) is 8.46. The normalized spacial score (nSPS) is 18.0. The fourth-order valence-corrected chi connectivity index (χ4v) is 3.91. The number of nitrogens with zero attached hydrogens (tertiary/aromatic N) is 1. The van der Waals surface area contributed by atoms with Crippen molar-refractivity contribution in [3.05, 3.63) is 65.7 Å². The smallest absolute Gasteiger partial charge is 0.251 e. The molecule has 2 aliphatic rings. The van der Waals surface area contributed by atoms with Gasteiger partial charge in [-0.1, -0.05) is 37.3 Å². The zero-order valence-corrected chi connectivity index (χ0v) is 17.5. The van der Waals surface area contributed by atoms with Crippen molar-refractivity contribution in [1.82, 2.24) is 10.2 Å². The Bertz CT molecular complexity index is 854. The first-order valence-corrected chi connectivity index (χ1v) is 11.0. The molecule has 2 aromatic rings. The second kappa shape index (κ2) is 9.33. The van der Waals surface area contributed by atoms with Crippen molar-refractivity contribution in [2.45, 2.75) is 44.6 Å². The largest absolute Gasteiger partial charge is 0.490 e. The lowest BCUT2D eigenvalue weighted by Crippen LogP contribution is -2.42. The topological polar surface area (TPSA) is 58.6 Å². The fourth-order valence-electron chi connectivity index (χ4n) is 3.91. The molecule has 2 aromatic carbocycles. The van der Waals surface area contributed by atoms with Crippen LogP contribution in [0.1, 0.15) is 54.4 Å². The van der Waals surface area contributed by atoms with E-state index in [1.165, 1.54) is 5.56 Å². The predicted molar refractivity (Wildman–Crippen MR) is 117 cm³/mol. The Morgan fingerprint density at radius 2 is 1.67 bits per heavy atom. The van der Waals surface area contributed by atoms with Gasteiger partial charge in [-0.25, -0.2) is 0 Å². The quantitative estimate of drug-likeness (QED) is 0.756. The number of rotatable bonds is 7. The molecule has 0 spiro atoms. The maximum Gasteiger partial charge on any atom is 0.251 e. The van der Waals surface area contributed by atoms with E-state index in [-0.39, 0.29) is 23.8 Å². The van der Waals surface area contributed by atoms with Crippen LogP contribution in [0.4, 0.5) is 0 Å². The van der Waals surface area contributed by atoms with Crippen LogP contribution in [0.25, 0.3) is 0 Å². The highest BCUT2D eigenvalue weighted by Crippen LogP contribution is 2.32. The molecule has 1 N–H and O–H groups in total. The summed E-state index contributed by atoms with van der Waals surface area (Å²) < 4.78 is 6.08. The average Bonchev–Trinajstić information content (AvgIpc) is 3.64. The molecule has 0 bridgehead atoms. The molecule has 1 atom stereocenters. The van der Waals surface area contributed by atoms with Gasteiger partial charge in [-0.2, -0.15) is 0 Å². The van der Waals surface area contributed by atoms with E-state index in [2.05, 4.69) is 24.4 Å². The highest BCUT2D eigenvalue weighted by Gasteiger charge is 2.35. The Kier molecular flexibility index (Phi) is 6.36. The second-order valence-corrected chi connectivity index (χ2v) is 8.46. The summed E-state index contributed by atoms with van der Waals surface area (Å²) in [5.74, 6) is 1.57. The maximum atomic E-state index is 12.5. The number of benzene rings is 2. The molecule has 1 aliphatic carbocycles. The van der Waals surface area contributed by atoms with Crippen molar-refractivity contribution in [1.29, 1.82) is 0 Å². The lowest BCUT2D eigenvalue weighted by molar-refractivity contribution is -0.134. The number of hydrogen-bond donors (Lipinski definition) is 1. The van der Waals surface area contributed by atoms with Crippen LogP contribution >= 0.6 is 0 Å². The summed E-state index contributed by atoms with van der Waals surface area (Å²) in [6, 6.07) is 17.5. The molecular weight excluding hydrogens is 376 g/mol. The van der Waals surface area contributed by atoms with E-state index in [1.54, 1.807) is 0 Å². The molecule has 1 heterocycles. The summed E-state index contributed by atoms with van der Waals surface area (Å²) in [6.07, 6.45) is 3.95. The molecule has 5 nitrogen and oxygen atoms in total. The number of piperidine rings is 1. The third-order valence-corrected chi connectivity index (χ3v) is 6.04. The van der Waals surface area contributed by atoms with Gasteiger partial charge in [-0.15, -0.1) is 0 Å². The molecular formula is C25H30N2O3. The lowest BCUT2D eigenvalue weighted by atomic mass is 10.0. The van der Waals surface area contributed by atoms with Gasteiger partial charge in [-0.3, -0.25) is 9.59 Å². The summed E-state index contributed by atoms with van der Waals surface area (Å²) in [6.45, 7) is 4.26. The van der Waals surface area contributed by atoms with Gasteiger partial charge in [0.05, 0.1) is 0 Å². The van der Waals surface area contributed by atoms with Gasteiger partial charge >= 0.3 is 0 Å². The van der Waals surface area contributed by atoms with E-state index >= 15 is 0 Å². The highest BCUT2D eigenvalue weighted by atomic mass is 16.5. The molecule has 158 valence electrons. The molecule has 0 unspecified atom stereocenters. The zero-order chi connectivity index (χ0) is 20.9. The van der Waals surface area contributed by atoms with E-state index in [9.17, 15) is 9.59 Å². The van der Waals surface area contributed by atoms with Gasteiger partial charge in [0.2, 0.25) is 5.91 Å². The van der Waals surface area contributed by atoms with Crippen molar-refractivity contribution in [3.63, 3.8) is 0 Å². The van der Waals surface area contributed by atoms with Crippen LogP contribution in [-0.2, 0) is 4.79 Å². The molecule has 5 heteroatoms. The van der Waals surface area contributed by atoms with Crippen molar-refractivity contribution in [3.8, 4) is 5.75 Å². The Hall–Kier alpha value is -2.82. The molecule has 0 radical (unpaired) electrons. The van der Waals surface area contributed by atoms with Crippen LogP contribution in [-0.4, -0.2) is 42.5 Å². The summed E-state index contributed by atoms with van der Waals surface area (Å²) >= 11 is 0. The third kappa shape index (κ3) is 5.21. The zero-order valence-electron chi connectivity index (χ0n) is 17.5. The number of carbonyl (C=O) groups excluding carboxylic acids is 2. The van der Waals surface area contributed by atoms with Gasteiger partial charge in [0.25, 0.3) is 5.91 Å². The molecule has 30 heavy (non-hydrogen) atoms. The number of likely N-dealkylation sites (tertiary alicyclic amines) is 1. The lowest BCUT2D eigenvalue weighted by Gasteiger charge is -2.32. The van der Waals surface area contributed by atoms with Gasteiger partial charge < -0.3 is 15.0 Å². The Morgan fingerprint density at radius 1 is 1.00 bits per heavy atom. The summed E-state index contributed by atoms with van der Waals surface area (Å²) in [5.41, 5.74) is 1.85. The Morgan fingerprint density at radius 3 is 2.30 bits per heavy atom. The molecule has 1 aliphatic heterocycles. The van der Waals surface area contributed by atoms with Gasteiger partial charge in [-0.05, 0) is 48.6 Å². The first-order chi connectivity index (χ1) is 14.6. The van der Waals surface area contributed by atoms with Crippen LogP contribution in [0.15, 0.2) is 54.6 Å². The van der Waals surface area contributed by atoms with E-state index in [4.69, 9.17) is 4.74 Å². The van der Waals surface area contributed by atoms with Crippen LogP contribution < -0.4 is 10.1 Å². The van der Waals surface area contributed by atoms with Crippen LogP contribution in [0.5, 0.6) is 5.75 Å². The van der Waals surface area contributed by atoms with Crippen molar-refractivity contribution in [2.24, 2.45) is 5.92 Å². The minimum Gasteiger partial charge on any atom is -0.490 e. The molecule has 0 aromatic heterocycles. The molecule has 4 rings (SSSR count).